The Labute approximate surface area is 214 Å². The standard InChI is InChI=1S/C24H41N5OS.HI/c1-5-31(30)22-10-7-9-21(18-22)27-24(25-4)26-12-13-28-14-16-29(17-15-28)23-11-6-8-19(2)20(23)3;/h6,8,11,21-22H,5,7,9-10,12-18H2,1-4H3,(H2,25,26,27);1H. The number of aryl methyl sites for hydroxylation is 1. The van der Waals surface area contributed by atoms with Gasteiger partial charge in [-0.05, 0) is 50.3 Å². The molecule has 0 bridgehead atoms. The molecule has 1 aliphatic carbocycles. The molecule has 1 saturated heterocycles. The quantitative estimate of drug-likeness (QED) is 0.297. The predicted molar refractivity (Wildman–Crippen MR) is 149 cm³/mol. The van der Waals surface area contributed by atoms with E-state index in [-0.39, 0.29) is 24.0 Å². The van der Waals surface area contributed by atoms with Gasteiger partial charge in [-0.3, -0.25) is 14.1 Å². The molecule has 1 heterocycles. The fourth-order valence-corrected chi connectivity index (χ4v) is 6.11. The highest BCUT2D eigenvalue weighted by molar-refractivity contribution is 14.0. The minimum atomic E-state index is -0.690. The number of benzene rings is 1. The van der Waals surface area contributed by atoms with Gasteiger partial charge in [0, 0.05) is 79.8 Å². The van der Waals surface area contributed by atoms with Crippen LogP contribution in [0.4, 0.5) is 5.69 Å². The summed E-state index contributed by atoms with van der Waals surface area (Å²) in [5.74, 6) is 1.64. The van der Waals surface area contributed by atoms with E-state index in [1.807, 2.05) is 14.0 Å². The minimum Gasteiger partial charge on any atom is -0.369 e. The molecule has 2 aliphatic rings. The fraction of sp³-hybridized carbons (Fsp3) is 0.708. The molecule has 0 spiro atoms. The molecule has 0 amide bonds. The summed E-state index contributed by atoms with van der Waals surface area (Å²) in [6.45, 7) is 12.7. The highest BCUT2D eigenvalue weighted by atomic mass is 127. The van der Waals surface area contributed by atoms with Crippen molar-refractivity contribution in [1.82, 2.24) is 15.5 Å². The molecular weight excluding hydrogens is 533 g/mol. The average molecular weight is 576 g/mol. The smallest absolute Gasteiger partial charge is 0.191 e. The van der Waals surface area contributed by atoms with Crippen molar-refractivity contribution in [3.8, 4) is 0 Å². The van der Waals surface area contributed by atoms with E-state index in [9.17, 15) is 4.21 Å². The van der Waals surface area contributed by atoms with Gasteiger partial charge in [0.15, 0.2) is 5.96 Å². The summed E-state index contributed by atoms with van der Waals surface area (Å²) in [6.07, 6.45) is 4.37. The van der Waals surface area contributed by atoms with Crippen molar-refractivity contribution >= 4 is 46.4 Å². The first-order valence-corrected chi connectivity index (χ1v) is 13.3. The van der Waals surface area contributed by atoms with Crippen molar-refractivity contribution in [3.63, 3.8) is 0 Å². The normalized spacial score (nSPS) is 23.4. The van der Waals surface area contributed by atoms with Crippen LogP contribution < -0.4 is 15.5 Å². The molecule has 3 atom stereocenters. The number of guanidine groups is 1. The number of piperazine rings is 1. The van der Waals surface area contributed by atoms with Crippen LogP contribution >= 0.6 is 24.0 Å². The Kier molecular flexibility index (Phi) is 11.8. The summed E-state index contributed by atoms with van der Waals surface area (Å²) in [4.78, 5) is 9.47. The maximum absolute atomic E-state index is 12.2. The summed E-state index contributed by atoms with van der Waals surface area (Å²) in [5, 5.41) is 7.40. The molecule has 2 N–H and O–H groups in total. The minimum absolute atomic E-state index is 0. The van der Waals surface area contributed by atoms with E-state index in [4.69, 9.17) is 0 Å². The number of hydrogen-bond acceptors (Lipinski definition) is 4. The zero-order chi connectivity index (χ0) is 22.2. The first-order valence-electron chi connectivity index (χ1n) is 11.9. The van der Waals surface area contributed by atoms with E-state index in [1.54, 1.807) is 0 Å². The van der Waals surface area contributed by atoms with Crippen LogP contribution in [0.5, 0.6) is 0 Å². The van der Waals surface area contributed by atoms with Gasteiger partial charge in [-0.25, -0.2) is 0 Å². The van der Waals surface area contributed by atoms with E-state index in [0.29, 0.717) is 11.3 Å². The number of hydrogen-bond donors (Lipinski definition) is 2. The number of halogens is 1. The van der Waals surface area contributed by atoms with Gasteiger partial charge in [0.05, 0.1) is 0 Å². The lowest BCUT2D eigenvalue weighted by atomic mass is 9.95. The van der Waals surface area contributed by atoms with Gasteiger partial charge in [-0.2, -0.15) is 0 Å². The Morgan fingerprint density at radius 1 is 1.19 bits per heavy atom. The van der Waals surface area contributed by atoms with Crippen LogP contribution in [0, 0.1) is 13.8 Å². The first kappa shape index (κ1) is 27.4. The van der Waals surface area contributed by atoms with E-state index >= 15 is 0 Å². The van der Waals surface area contributed by atoms with Gasteiger partial charge in [0.2, 0.25) is 0 Å². The number of nitrogens with zero attached hydrogens (tertiary/aromatic N) is 3. The highest BCUT2D eigenvalue weighted by Gasteiger charge is 2.26. The van der Waals surface area contributed by atoms with Crippen molar-refractivity contribution in [3.05, 3.63) is 29.3 Å². The van der Waals surface area contributed by atoms with Gasteiger partial charge >= 0.3 is 0 Å². The molecule has 32 heavy (non-hydrogen) atoms. The molecule has 6 nitrogen and oxygen atoms in total. The zero-order valence-corrected chi connectivity index (χ0v) is 23.4. The lowest BCUT2D eigenvalue weighted by molar-refractivity contribution is 0.261. The molecule has 2 fully saturated rings. The largest absolute Gasteiger partial charge is 0.369 e. The maximum Gasteiger partial charge on any atom is 0.191 e. The monoisotopic (exact) mass is 575 g/mol. The molecule has 1 aromatic rings. The van der Waals surface area contributed by atoms with Crippen LogP contribution in [0.2, 0.25) is 0 Å². The molecular formula is C24H42IN5OS. The summed E-state index contributed by atoms with van der Waals surface area (Å²) in [6, 6.07) is 6.99. The number of nitrogens with one attached hydrogen (secondary N) is 2. The Balaban J connectivity index is 0.00000363. The van der Waals surface area contributed by atoms with E-state index in [0.717, 1.165) is 76.7 Å². The second-order valence-corrected chi connectivity index (χ2v) is 10.9. The molecule has 1 saturated carbocycles. The molecule has 3 unspecified atom stereocenters. The Bertz CT molecular complexity index is 767. The average Bonchev–Trinajstić information content (AvgIpc) is 2.80. The topological polar surface area (TPSA) is 60.0 Å². The number of aliphatic imine (C=N–C) groups is 1. The van der Waals surface area contributed by atoms with Crippen LogP contribution in [-0.4, -0.2) is 78.4 Å². The van der Waals surface area contributed by atoms with Crippen LogP contribution in [-0.2, 0) is 10.8 Å². The fourth-order valence-electron chi connectivity index (χ4n) is 4.76. The maximum atomic E-state index is 12.2. The van der Waals surface area contributed by atoms with Crippen LogP contribution in [0.15, 0.2) is 23.2 Å². The highest BCUT2D eigenvalue weighted by Crippen LogP contribution is 2.24. The van der Waals surface area contributed by atoms with E-state index < -0.39 is 10.8 Å². The molecule has 1 aromatic carbocycles. The van der Waals surface area contributed by atoms with Gasteiger partial charge in [0.1, 0.15) is 0 Å². The van der Waals surface area contributed by atoms with Gasteiger partial charge in [0.25, 0.3) is 0 Å². The molecule has 8 heteroatoms. The SMILES string of the molecule is CCS(=O)C1CCCC(NC(=NC)NCCN2CCN(c3cccc(C)c3C)CC2)C1.I. The van der Waals surface area contributed by atoms with Crippen molar-refractivity contribution in [1.29, 1.82) is 0 Å². The Morgan fingerprint density at radius 3 is 2.62 bits per heavy atom. The van der Waals surface area contributed by atoms with E-state index in [2.05, 4.69) is 57.5 Å². The lowest BCUT2D eigenvalue weighted by Crippen LogP contribution is -2.51. The second kappa shape index (κ2) is 13.7. The molecule has 0 radical (unpaired) electrons. The molecule has 1 aliphatic heterocycles. The Morgan fingerprint density at radius 2 is 1.94 bits per heavy atom. The third-order valence-electron chi connectivity index (χ3n) is 6.86. The third-order valence-corrected chi connectivity index (χ3v) is 8.60. The lowest BCUT2D eigenvalue weighted by Gasteiger charge is -2.37. The second-order valence-electron chi connectivity index (χ2n) is 8.85. The summed E-state index contributed by atoms with van der Waals surface area (Å²) in [7, 11) is 1.15. The van der Waals surface area contributed by atoms with Gasteiger partial charge in [-0.1, -0.05) is 25.5 Å². The molecule has 182 valence electrons. The van der Waals surface area contributed by atoms with Gasteiger partial charge in [-0.15, -0.1) is 24.0 Å². The summed E-state index contributed by atoms with van der Waals surface area (Å²) < 4.78 is 12.2. The zero-order valence-electron chi connectivity index (χ0n) is 20.2. The number of anilines is 1. The van der Waals surface area contributed by atoms with Crippen molar-refractivity contribution in [2.24, 2.45) is 4.99 Å². The van der Waals surface area contributed by atoms with Crippen LogP contribution in [0.1, 0.15) is 43.7 Å². The van der Waals surface area contributed by atoms with Crippen LogP contribution in [0.25, 0.3) is 0 Å². The third kappa shape index (κ3) is 7.58. The number of rotatable bonds is 7. The summed E-state index contributed by atoms with van der Waals surface area (Å²) in [5.41, 5.74) is 4.16. The Hall–Kier alpha value is -0.870. The first-order chi connectivity index (χ1) is 15.0. The van der Waals surface area contributed by atoms with Gasteiger partial charge < -0.3 is 15.5 Å². The van der Waals surface area contributed by atoms with Crippen LogP contribution in [0.3, 0.4) is 0 Å². The van der Waals surface area contributed by atoms with E-state index in [1.165, 1.54) is 16.8 Å². The van der Waals surface area contributed by atoms with Crippen molar-refractivity contribution in [2.45, 2.75) is 57.7 Å². The molecule has 3 rings (SSSR count). The van der Waals surface area contributed by atoms with Crippen molar-refractivity contribution in [2.75, 3.05) is 57.0 Å². The van der Waals surface area contributed by atoms with Crippen molar-refractivity contribution < 1.29 is 4.21 Å². The summed E-state index contributed by atoms with van der Waals surface area (Å²) >= 11 is 0. The molecule has 0 aromatic heterocycles. The predicted octanol–water partition coefficient (Wildman–Crippen LogP) is 3.29.